The zero-order chi connectivity index (χ0) is 22.5. The molecule has 0 atom stereocenters. The fraction of sp³-hybridized carbons (Fsp3) is 0.154. The van der Waals surface area contributed by atoms with Crippen molar-refractivity contribution in [3.63, 3.8) is 0 Å². The molecule has 1 N–H and O–H groups in total. The largest absolute Gasteiger partial charge is 0.344 e. The van der Waals surface area contributed by atoms with E-state index in [0.717, 1.165) is 28.1 Å². The molecule has 2 aromatic heterocycles. The second-order valence-electron chi connectivity index (χ2n) is 7.81. The number of carbonyl (C=O) groups is 1. The average Bonchev–Trinajstić information content (AvgIpc) is 3.31. The van der Waals surface area contributed by atoms with E-state index < -0.39 is 0 Å². The van der Waals surface area contributed by atoms with Crippen LogP contribution in [0.4, 0.5) is 5.69 Å². The van der Waals surface area contributed by atoms with Crippen molar-refractivity contribution in [1.29, 1.82) is 0 Å². The van der Waals surface area contributed by atoms with Gasteiger partial charge in [0.1, 0.15) is 0 Å². The van der Waals surface area contributed by atoms with Crippen molar-refractivity contribution in [3.8, 4) is 20.9 Å². The molecule has 0 radical (unpaired) electrons. The van der Waals surface area contributed by atoms with Gasteiger partial charge in [0.25, 0.3) is 0 Å². The number of thiophene rings is 1. The molecule has 0 aliphatic carbocycles. The van der Waals surface area contributed by atoms with E-state index in [9.17, 15) is 4.79 Å². The van der Waals surface area contributed by atoms with Crippen molar-refractivity contribution in [2.75, 3.05) is 11.8 Å². The van der Waals surface area contributed by atoms with E-state index in [0.29, 0.717) is 6.54 Å². The second-order valence-corrected chi connectivity index (χ2v) is 9.77. The Kier molecular flexibility index (Phi) is 6.93. The smallest absolute Gasteiger partial charge is 0.209 e. The third-order valence-corrected chi connectivity index (χ3v) is 7.20. The molecule has 2 aromatic carbocycles. The second kappa shape index (κ2) is 10.0. The van der Waals surface area contributed by atoms with Crippen molar-refractivity contribution in [2.45, 2.75) is 25.3 Å². The Labute approximate surface area is 197 Å². The summed E-state index contributed by atoms with van der Waals surface area (Å²) in [5.74, 6) is 0. The van der Waals surface area contributed by atoms with E-state index >= 15 is 0 Å². The monoisotopic (exact) mass is 459 g/mol. The van der Waals surface area contributed by atoms with Crippen LogP contribution in [0.25, 0.3) is 20.9 Å². The number of hydrogen-bond donors (Lipinski definition) is 1. The van der Waals surface area contributed by atoms with E-state index in [4.69, 9.17) is 0 Å². The number of aryl methyl sites for hydroxylation is 2. The maximum Gasteiger partial charge on any atom is 0.209 e. The van der Waals surface area contributed by atoms with Gasteiger partial charge in [-0.2, -0.15) is 0 Å². The summed E-state index contributed by atoms with van der Waals surface area (Å²) in [4.78, 5) is 20.6. The van der Waals surface area contributed by atoms with Crippen LogP contribution in [0.1, 0.15) is 16.7 Å². The highest BCUT2D eigenvalue weighted by atomic mass is 32.2. The number of carbonyl (C=O) groups excluding carboxylic acids is 1. The number of benzene rings is 2. The van der Waals surface area contributed by atoms with Gasteiger partial charge in [0.05, 0.1) is 11.9 Å². The first-order chi connectivity index (χ1) is 15.5. The first kappa shape index (κ1) is 22.1. The molecular formula is C26H25N3OS2. The lowest BCUT2D eigenvalue weighted by atomic mass is 10.0. The Balaban J connectivity index is 1.51. The normalized spacial score (nSPS) is 10.7. The molecule has 162 valence electrons. The Hall–Kier alpha value is -3.09. The highest BCUT2D eigenvalue weighted by Gasteiger charge is 2.09. The molecule has 32 heavy (non-hydrogen) atoms. The number of hydrogen-bond acceptors (Lipinski definition) is 5. The van der Waals surface area contributed by atoms with Gasteiger partial charge >= 0.3 is 0 Å². The van der Waals surface area contributed by atoms with Gasteiger partial charge in [0.2, 0.25) is 6.41 Å². The summed E-state index contributed by atoms with van der Waals surface area (Å²) >= 11 is 3.33. The Bertz CT molecular complexity index is 1220. The number of amides is 1. The number of nitrogens with one attached hydrogen (secondary N) is 1. The molecule has 0 saturated carbocycles. The quantitative estimate of drug-likeness (QED) is 0.232. The molecule has 0 bridgehead atoms. The predicted molar refractivity (Wildman–Crippen MR) is 136 cm³/mol. The maximum absolute atomic E-state index is 11.0. The van der Waals surface area contributed by atoms with E-state index in [1.807, 2.05) is 12.4 Å². The number of rotatable bonds is 8. The molecule has 0 fully saturated rings. The third-order valence-electron chi connectivity index (χ3n) is 5.17. The number of anilines is 1. The topological polar surface area (TPSA) is 45.2 Å². The highest BCUT2D eigenvalue weighted by Crippen LogP contribution is 2.36. The van der Waals surface area contributed by atoms with Gasteiger partial charge in [0.15, 0.2) is 0 Å². The molecule has 0 spiro atoms. The van der Waals surface area contributed by atoms with Gasteiger partial charge < -0.3 is 9.62 Å². The summed E-state index contributed by atoms with van der Waals surface area (Å²) in [6, 6.07) is 21.3. The standard InChI is InChI=1S/C26H25N3OS2/c1-18-4-8-24(9-5-18)32-28-23-13-21(14-27-15-23)26-11-10-25(31-26)20-7-6-19(2)22(12-20)16-29(3)17-30/h4-15,17,28H,16H2,1-3H3. The summed E-state index contributed by atoms with van der Waals surface area (Å²) in [6.07, 6.45) is 4.60. The van der Waals surface area contributed by atoms with Crippen LogP contribution < -0.4 is 4.72 Å². The minimum absolute atomic E-state index is 0.609. The zero-order valence-corrected chi connectivity index (χ0v) is 20.0. The molecule has 0 unspecified atom stereocenters. The predicted octanol–water partition coefficient (Wildman–Crippen LogP) is 6.80. The van der Waals surface area contributed by atoms with Crippen LogP contribution in [0, 0.1) is 13.8 Å². The van der Waals surface area contributed by atoms with Gasteiger partial charge in [-0.3, -0.25) is 9.78 Å². The van der Waals surface area contributed by atoms with Crippen LogP contribution in [0.3, 0.4) is 0 Å². The van der Waals surface area contributed by atoms with Crippen molar-refractivity contribution < 1.29 is 4.79 Å². The highest BCUT2D eigenvalue weighted by molar-refractivity contribution is 8.00. The van der Waals surface area contributed by atoms with Crippen molar-refractivity contribution in [2.24, 2.45) is 0 Å². The van der Waals surface area contributed by atoms with Crippen molar-refractivity contribution in [3.05, 3.63) is 89.7 Å². The first-order valence-electron chi connectivity index (χ1n) is 10.3. The molecule has 2 heterocycles. The van der Waals surface area contributed by atoms with Gasteiger partial charge in [-0.05, 0) is 78.9 Å². The number of nitrogens with zero attached hydrogens (tertiary/aromatic N) is 2. The van der Waals surface area contributed by atoms with Crippen LogP contribution in [0.2, 0.25) is 0 Å². The van der Waals surface area contributed by atoms with Gasteiger partial charge in [0, 0.05) is 40.0 Å². The minimum Gasteiger partial charge on any atom is -0.344 e. The Morgan fingerprint density at radius 2 is 1.72 bits per heavy atom. The number of aromatic nitrogens is 1. The maximum atomic E-state index is 11.0. The van der Waals surface area contributed by atoms with E-state index in [2.05, 4.69) is 84.2 Å². The molecule has 0 saturated heterocycles. The van der Waals surface area contributed by atoms with Crippen LogP contribution in [-0.2, 0) is 11.3 Å². The Morgan fingerprint density at radius 1 is 0.969 bits per heavy atom. The van der Waals surface area contributed by atoms with Gasteiger partial charge in [-0.25, -0.2) is 0 Å². The van der Waals surface area contributed by atoms with Crippen molar-refractivity contribution in [1.82, 2.24) is 9.88 Å². The average molecular weight is 460 g/mol. The Morgan fingerprint density at radius 3 is 2.47 bits per heavy atom. The van der Waals surface area contributed by atoms with E-state index in [1.165, 1.54) is 26.4 Å². The lowest BCUT2D eigenvalue weighted by molar-refractivity contribution is -0.117. The molecule has 4 rings (SSSR count). The minimum atomic E-state index is 0.609. The molecule has 0 aliphatic heterocycles. The molecule has 0 aliphatic rings. The summed E-state index contributed by atoms with van der Waals surface area (Å²) in [5.41, 5.74) is 6.82. The molecule has 4 aromatic rings. The van der Waals surface area contributed by atoms with E-state index in [-0.39, 0.29) is 0 Å². The summed E-state index contributed by atoms with van der Waals surface area (Å²) in [6.45, 7) is 4.78. The zero-order valence-electron chi connectivity index (χ0n) is 18.3. The summed E-state index contributed by atoms with van der Waals surface area (Å²) in [7, 11) is 1.80. The summed E-state index contributed by atoms with van der Waals surface area (Å²) < 4.78 is 3.39. The SMILES string of the molecule is Cc1ccc(SNc2cncc(-c3ccc(-c4ccc(C)c(CN(C)C=O)c4)s3)c2)cc1. The lowest BCUT2D eigenvalue weighted by Gasteiger charge is -2.13. The fourth-order valence-corrected chi connectivity index (χ4v) is 4.91. The lowest BCUT2D eigenvalue weighted by Crippen LogP contribution is -2.15. The first-order valence-corrected chi connectivity index (χ1v) is 12.0. The van der Waals surface area contributed by atoms with Crippen LogP contribution in [0.5, 0.6) is 0 Å². The molecular weight excluding hydrogens is 434 g/mol. The van der Waals surface area contributed by atoms with Crippen LogP contribution in [-0.4, -0.2) is 23.3 Å². The fourth-order valence-electron chi connectivity index (χ4n) is 3.30. The van der Waals surface area contributed by atoms with Crippen LogP contribution >= 0.6 is 23.3 Å². The summed E-state index contributed by atoms with van der Waals surface area (Å²) in [5, 5.41) is 0. The molecule has 1 amide bonds. The number of pyridine rings is 1. The van der Waals surface area contributed by atoms with Gasteiger partial charge in [-0.1, -0.05) is 29.8 Å². The van der Waals surface area contributed by atoms with Crippen LogP contribution in [0.15, 0.2) is 78.0 Å². The third kappa shape index (κ3) is 5.39. The van der Waals surface area contributed by atoms with E-state index in [1.54, 1.807) is 35.2 Å². The van der Waals surface area contributed by atoms with Gasteiger partial charge in [-0.15, -0.1) is 11.3 Å². The van der Waals surface area contributed by atoms with Crippen molar-refractivity contribution >= 4 is 35.4 Å². The molecule has 4 nitrogen and oxygen atoms in total. The molecule has 6 heteroatoms.